The smallest absolute Gasteiger partial charge is 0.305 e. The van der Waals surface area contributed by atoms with Crippen molar-refractivity contribution in [3.05, 3.63) is 60.8 Å². The van der Waals surface area contributed by atoms with Crippen LogP contribution in [0.1, 0.15) is 335 Å². The number of hydrogen-bond donors (Lipinski definition) is 3. The first-order chi connectivity index (χ1) is 36.5. The molecule has 432 valence electrons. The van der Waals surface area contributed by atoms with Crippen LogP contribution in [-0.2, 0) is 14.3 Å². The van der Waals surface area contributed by atoms with E-state index in [-0.39, 0.29) is 18.5 Å². The molecule has 0 aromatic carbocycles. The molecule has 1 amide bonds. The van der Waals surface area contributed by atoms with E-state index in [1.165, 1.54) is 250 Å². The van der Waals surface area contributed by atoms with Crippen molar-refractivity contribution in [2.45, 2.75) is 347 Å². The number of unbranched alkanes of at least 4 members (excludes halogenated alkanes) is 41. The lowest BCUT2D eigenvalue weighted by atomic mass is 10.0. The van der Waals surface area contributed by atoms with Crippen molar-refractivity contribution < 1.29 is 24.5 Å². The molecule has 0 aromatic heterocycles. The van der Waals surface area contributed by atoms with Crippen LogP contribution < -0.4 is 5.32 Å². The lowest BCUT2D eigenvalue weighted by molar-refractivity contribution is -0.143. The maximum Gasteiger partial charge on any atom is 0.305 e. The van der Waals surface area contributed by atoms with E-state index in [0.29, 0.717) is 19.4 Å². The number of nitrogens with one attached hydrogen (secondary N) is 1. The number of allylic oxidation sites excluding steroid dienone is 9. The van der Waals surface area contributed by atoms with Gasteiger partial charge in [0.15, 0.2) is 0 Å². The largest absolute Gasteiger partial charge is 0.466 e. The van der Waals surface area contributed by atoms with Crippen LogP contribution in [0.3, 0.4) is 0 Å². The zero-order chi connectivity index (χ0) is 53.6. The van der Waals surface area contributed by atoms with Crippen molar-refractivity contribution in [2.24, 2.45) is 0 Å². The second kappa shape index (κ2) is 63.1. The second-order valence-electron chi connectivity index (χ2n) is 22.1. The van der Waals surface area contributed by atoms with Gasteiger partial charge in [0.05, 0.1) is 25.4 Å². The van der Waals surface area contributed by atoms with E-state index >= 15 is 0 Å². The van der Waals surface area contributed by atoms with E-state index in [0.717, 1.165) is 57.8 Å². The molecule has 0 rings (SSSR count). The quantitative estimate of drug-likeness (QED) is 0.0320. The fourth-order valence-corrected chi connectivity index (χ4v) is 9.75. The molecule has 2 unspecified atom stereocenters. The topological polar surface area (TPSA) is 95.9 Å². The number of hydrogen-bond acceptors (Lipinski definition) is 5. The molecular formula is C68H125NO5. The highest BCUT2D eigenvalue weighted by molar-refractivity contribution is 5.76. The van der Waals surface area contributed by atoms with Gasteiger partial charge in [0.25, 0.3) is 0 Å². The molecule has 6 nitrogen and oxygen atoms in total. The van der Waals surface area contributed by atoms with Crippen molar-refractivity contribution >= 4 is 11.9 Å². The van der Waals surface area contributed by atoms with E-state index < -0.39 is 12.1 Å². The normalized spacial score (nSPS) is 13.0. The number of aliphatic hydroxyl groups excluding tert-OH is 2. The molecular weight excluding hydrogens is 911 g/mol. The summed E-state index contributed by atoms with van der Waals surface area (Å²) in [6.07, 6.45) is 82.9. The third kappa shape index (κ3) is 58.8. The van der Waals surface area contributed by atoms with Gasteiger partial charge in [0.2, 0.25) is 5.91 Å². The maximum absolute atomic E-state index is 12.4. The fourth-order valence-electron chi connectivity index (χ4n) is 9.75. The molecule has 6 heteroatoms. The zero-order valence-electron chi connectivity index (χ0n) is 49.3. The van der Waals surface area contributed by atoms with Crippen LogP contribution in [0.4, 0.5) is 0 Å². The Hall–Kier alpha value is -2.44. The first kappa shape index (κ1) is 71.6. The van der Waals surface area contributed by atoms with Crippen LogP contribution in [0.2, 0.25) is 0 Å². The molecule has 0 aliphatic rings. The summed E-state index contributed by atoms with van der Waals surface area (Å²) in [5, 5.41) is 23.0. The average Bonchev–Trinajstić information content (AvgIpc) is 3.40. The van der Waals surface area contributed by atoms with Gasteiger partial charge in [-0.15, -0.1) is 0 Å². The van der Waals surface area contributed by atoms with Gasteiger partial charge >= 0.3 is 5.97 Å². The highest BCUT2D eigenvalue weighted by atomic mass is 16.5. The van der Waals surface area contributed by atoms with Gasteiger partial charge < -0.3 is 20.3 Å². The summed E-state index contributed by atoms with van der Waals surface area (Å²) in [4.78, 5) is 24.5. The lowest BCUT2D eigenvalue weighted by Gasteiger charge is -2.20. The van der Waals surface area contributed by atoms with Crippen molar-refractivity contribution in [3.63, 3.8) is 0 Å². The molecule has 3 N–H and O–H groups in total. The summed E-state index contributed by atoms with van der Waals surface area (Å²) in [6, 6.07) is -0.626. The van der Waals surface area contributed by atoms with Crippen LogP contribution in [0.15, 0.2) is 60.8 Å². The molecule has 0 aliphatic heterocycles. The Morgan fingerprint density at radius 1 is 0.378 bits per heavy atom. The number of aliphatic hydroxyl groups is 2. The third-order valence-corrected chi connectivity index (χ3v) is 14.8. The Kier molecular flexibility index (Phi) is 61.0. The second-order valence-corrected chi connectivity index (χ2v) is 22.1. The highest BCUT2D eigenvalue weighted by Crippen LogP contribution is 2.17. The molecule has 74 heavy (non-hydrogen) atoms. The van der Waals surface area contributed by atoms with Crippen molar-refractivity contribution in [1.29, 1.82) is 0 Å². The maximum atomic E-state index is 12.4. The van der Waals surface area contributed by atoms with Crippen LogP contribution in [0.5, 0.6) is 0 Å². The Bertz CT molecular complexity index is 1290. The van der Waals surface area contributed by atoms with Gasteiger partial charge in [-0.3, -0.25) is 9.59 Å². The van der Waals surface area contributed by atoms with Crippen LogP contribution >= 0.6 is 0 Å². The Labute approximate surface area is 460 Å². The predicted octanol–water partition coefficient (Wildman–Crippen LogP) is 20.7. The number of ether oxygens (including phenoxy) is 1. The van der Waals surface area contributed by atoms with Gasteiger partial charge in [-0.25, -0.2) is 0 Å². The molecule has 0 bridgehead atoms. The fraction of sp³-hybridized carbons (Fsp3) is 0.824. The number of esters is 1. The molecule has 0 fully saturated rings. The van der Waals surface area contributed by atoms with Crippen LogP contribution in [0.25, 0.3) is 0 Å². The lowest BCUT2D eigenvalue weighted by Crippen LogP contribution is -2.45. The third-order valence-electron chi connectivity index (χ3n) is 14.8. The van der Waals surface area contributed by atoms with Crippen molar-refractivity contribution in [2.75, 3.05) is 13.2 Å². The Morgan fingerprint density at radius 3 is 1.05 bits per heavy atom. The number of carbonyl (C=O) groups excluding carboxylic acids is 2. The van der Waals surface area contributed by atoms with Crippen LogP contribution in [-0.4, -0.2) is 47.4 Å². The van der Waals surface area contributed by atoms with Gasteiger partial charge in [0.1, 0.15) is 0 Å². The Balaban J connectivity index is 3.38. The summed E-state index contributed by atoms with van der Waals surface area (Å²) in [7, 11) is 0. The predicted molar refractivity (Wildman–Crippen MR) is 324 cm³/mol. The minimum atomic E-state index is -0.842. The standard InChI is InChI=1S/C68H125NO5/c1-3-5-7-9-11-13-14-15-16-32-36-39-42-46-50-54-58-62-68(73)74-63-59-55-51-47-43-40-37-34-31-29-27-25-23-21-19-17-18-20-22-24-26-28-30-33-35-38-41-45-49-53-57-61-67(72)69-65(64-70)66(71)60-56-52-48-44-12-10-8-6-4-2/h11,13,15-16,19,21,25,27,56,60,65-66,70-71H,3-10,12,14,17-18,20,22-24,26,28-55,57-59,61-64H2,1-2H3,(H,69,72)/b13-11-,16-15-,21-19-,27-25-,60-56+. The first-order valence-electron chi connectivity index (χ1n) is 32.6. The van der Waals surface area contributed by atoms with Gasteiger partial charge in [0, 0.05) is 12.8 Å². The van der Waals surface area contributed by atoms with Gasteiger partial charge in [-0.1, -0.05) is 286 Å². The molecule has 2 atom stereocenters. The zero-order valence-corrected chi connectivity index (χ0v) is 49.3. The number of carbonyl (C=O) groups is 2. The molecule has 0 radical (unpaired) electrons. The summed E-state index contributed by atoms with van der Waals surface area (Å²) < 4.78 is 5.49. The van der Waals surface area contributed by atoms with E-state index in [4.69, 9.17) is 4.74 Å². The molecule has 0 saturated heterocycles. The molecule has 0 spiro atoms. The SMILES string of the molecule is CCCCC/C=C\C/C=C\CCCCCCCCCC(=O)OCCCCCCCCCCC/C=C\C/C=C\CCCCCCCCCCCCCCCCCC(=O)NC(CO)C(O)/C=C/CCCCCCCCC. The average molecular weight is 1040 g/mol. The Morgan fingerprint density at radius 2 is 0.676 bits per heavy atom. The van der Waals surface area contributed by atoms with E-state index in [2.05, 4.69) is 67.8 Å². The number of amides is 1. The summed E-state index contributed by atoms with van der Waals surface area (Å²) >= 11 is 0. The minimum Gasteiger partial charge on any atom is -0.466 e. The van der Waals surface area contributed by atoms with Gasteiger partial charge in [-0.2, -0.15) is 0 Å². The molecule has 0 aromatic rings. The number of rotatable bonds is 60. The van der Waals surface area contributed by atoms with Crippen LogP contribution in [0, 0.1) is 0 Å². The summed E-state index contributed by atoms with van der Waals surface area (Å²) in [5.74, 6) is -0.0656. The monoisotopic (exact) mass is 1040 g/mol. The minimum absolute atomic E-state index is 0.00456. The first-order valence-corrected chi connectivity index (χ1v) is 32.6. The van der Waals surface area contributed by atoms with Crippen molar-refractivity contribution in [3.8, 4) is 0 Å². The van der Waals surface area contributed by atoms with E-state index in [1.807, 2.05) is 6.08 Å². The molecule has 0 saturated carbocycles. The molecule has 0 heterocycles. The van der Waals surface area contributed by atoms with E-state index in [9.17, 15) is 19.8 Å². The van der Waals surface area contributed by atoms with Crippen molar-refractivity contribution in [1.82, 2.24) is 5.32 Å². The molecule has 0 aliphatic carbocycles. The van der Waals surface area contributed by atoms with Gasteiger partial charge in [-0.05, 0) is 96.3 Å². The summed E-state index contributed by atoms with van der Waals surface area (Å²) in [5.41, 5.74) is 0. The summed E-state index contributed by atoms with van der Waals surface area (Å²) in [6.45, 7) is 4.85. The van der Waals surface area contributed by atoms with E-state index in [1.54, 1.807) is 6.08 Å². The highest BCUT2D eigenvalue weighted by Gasteiger charge is 2.18.